The first-order valence-electron chi connectivity index (χ1n) is 5.14. The summed E-state index contributed by atoms with van der Waals surface area (Å²) in [5.41, 5.74) is 5.01. The second-order valence-electron chi connectivity index (χ2n) is 3.64. The molecular formula is C13H7F3N2S. The number of nitrogens with two attached hydrogens (primary N) is 1. The second kappa shape index (κ2) is 5.24. The quantitative estimate of drug-likeness (QED) is 0.853. The normalized spacial score (nSPS) is 10.2. The monoisotopic (exact) mass is 280 g/mol. The molecule has 0 heterocycles. The largest absolute Gasteiger partial charge is 0.399 e. The minimum Gasteiger partial charge on any atom is -0.399 e. The first-order chi connectivity index (χ1) is 9.02. The Labute approximate surface area is 111 Å². The summed E-state index contributed by atoms with van der Waals surface area (Å²) in [4.78, 5) is -0.179. The molecule has 96 valence electrons. The highest BCUT2D eigenvalue weighted by Crippen LogP contribution is 2.35. The smallest absolute Gasteiger partial charge is 0.142 e. The third kappa shape index (κ3) is 2.66. The van der Waals surface area contributed by atoms with Crippen molar-refractivity contribution in [3.8, 4) is 6.07 Å². The number of anilines is 1. The zero-order valence-corrected chi connectivity index (χ0v) is 10.3. The van der Waals surface area contributed by atoms with E-state index >= 15 is 0 Å². The molecule has 0 saturated carbocycles. The number of nitrogens with zero attached hydrogens (tertiary/aromatic N) is 1. The fourth-order valence-corrected chi connectivity index (χ4v) is 2.41. The van der Waals surface area contributed by atoms with Crippen molar-refractivity contribution in [3.05, 3.63) is 53.3 Å². The lowest BCUT2D eigenvalue weighted by Crippen LogP contribution is -1.94. The van der Waals surface area contributed by atoms with Crippen LogP contribution < -0.4 is 5.73 Å². The van der Waals surface area contributed by atoms with Gasteiger partial charge >= 0.3 is 0 Å². The van der Waals surface area contributed by atoms with Gasteiger partial charge in [0.25, 0.3) is 0 Å². The Morgan fingerprint density at radius 3 is 2.26 bits per heavy atom. The van der Waals surface area contributed by atoms with Crippen molar-refractivity contribution in [3.63, 3.8) is 0 Å². The van der Waals surface area contributed by atoms with E-state index in [4.69, 9.17) is 11.0 Å². The molecule has 0 bridgehead atoms. The Morgan fingerprint density at radius 1 is 1.05 bits per heavy atom. The number of nitriles is 1. The Kier molecular flexibility index (Phi) is 3.67. The number of nitrogen functional groups attached to an aromatic ring is 1. The van der Waals surface area contributed by atoms with Crippen LogP contribution in [-0.4, -0.2) is 0 Å². The van der Waals surface area contributed by atoms with E-state index in [0.29, 0.717) is 11.8 Å². The van der Waals surface area contributed by atoms with Crippen LogP contribution in [0.25, 0.3) is 0 Å². The molecule has 0 radical (unpaired) electrons. The van der Waals surface area contributed by atoms with Gasteiger partial charge in [0.15, 0.2) is 0 Å². The van der Waals surface area contributed by atoms with Crippen LogP contribution in [0.2, 0.25) is 0 Å². The van der Waals surface area contributed by atoms with Gasteiger partial charge in [-0.1, -0.05) is 17.8 Å². The number of rotatable bonds is 2. The number of hydrogen-bond donors (Lipinski definition) is 1. The second-order valence-corrected chi connectivity index (χ2v) is 4.69. The molecule has 0 amide bonds. The van der Waals surface area contributed by atoms with Crippen molar-refractivity contribution < 1.29 is 13.2 Å². The summed E-state index contributed by atoms with van der Waals surface area (Å²) in [5.74, 6) is -2.44. The van der Waals surface area contributed by atoms with Crippen LogP contribution in [0, 0.1) is 28.8 Å². The Bertz CT molecular complexity index is 657. The lowest BCUT2D eigenvalue weighted by atomic mass is 10.2. The average molecular weight is 280 g/mol. The van der Waals surface area contributed by atoms with Crippen LogP contribution in [0.15, 0.2) is 40.1 Å². The maximum absolute atomic E-state index is 13.6. The van der Waals surface area contributed by atoms with Gasteiger partial charge in [0.1, 0.15) is 29.1 Å². The number of hydrogen-bond acceptors (Lipinski definition) is 3. The molecule has 0 saturated heterocycles. The summed E-state index contributed by atoms with van der Waals surface area (Å²) in [6.07, 6.45) is 0. The third-order valence-corrected chi connectivity index (χ3v) is 3.47. The number of benzene rings is 2. The molecule has 2 aromatic rings. The summed E-state index contributed by atoms with van der Waals surface area (Å²) < 4.78 is 40.6. The molecule has 0 aliphatic carbocycles. The van der Waals surface area contributed by atoms with Gasteiger partial charge in [-0.3, -0.25) is 0 Å². The molecular weight excluding hydrogens is 273 g/mol. The zero-order valence-electron chi connectivity index (χ0n) is 9.45. The Balaban J connectivity index is 2.49. The molecule has 2 nitrogen and oxygen atoms in total. The molecule has 2 aromatic carbocycles. The van der Waals surface area contributed by atoms with E-state index in [9.17, 15) is 13.2 Å². The van der Waals surface area contributed by atoms with Crippen LogP contribution in [0.4, 0.5) is 18.9 Å². The lowest BCUT2D eigenvalue weighted by molar-refractivity contribution is 0.541. The van der Waals surface area contributed by atoms with Crippen LogP contribution in [0.1, 0.15) is 5.56 Å². The molecule has 2 rings (SSSR count). The summed E-state index contributed by atoms with van der Waals surface area (Å²) in [7, 11) is 0. The van der Waals surface area contributed by atoms with E-state index in [1.54, 1.807) is 6.07 Å². The van der Waals surface area contributed by atoms with E-state index in [1.165, 1.54) is 12.1 Å². The van der Waals surface area contributed by atoms with Crippen LogP contribution in [0.5, 0.6) is 0 Å². The third-order valence-electron chi connectivity index (χ3n) is 2.32. The minimum absolute atomic E-state index is 0.0425. The fraction of sp³-hybridized carbons (Fsp3) is 0. The van der Waals surface area contributed by atoms with Gasteiger partial charge in [-0.25, -0.2) is 13.2 Å². The fourth-order valence-electron chi connectivity index (χ4n) is 1.48. The van der Waals surface area contributed by atoms with Crippen molar-refractivity contribution in [2.24, 2.45) is 0 Å². The van der Waals surface area contributed by atoms with Crippen LogP contribution >= 0.6 is 11.8 Å². The topological polar surface area (TPSA) is 49.8 Å². The predicted molar refractivity (Wildman–Crippen MR) is 66.0 cm³/mol. The highest BCUT2D eigenvalue weighted by Gasteiger charge is 2.15. The van der Waals surface area contributed by atoms with Crippen molar-refractivity contribution in [2.75, 3.05) is 5.73 Å². The van der Waals surface area contributed by atoms with Crippen LogP contribution in [-0.2, 0) is 0 Å². The molecule has 0 spiro atoms. The van der Waals surface area contributed by atoms with E-state index in [-0.39, 0.29) is 21.0 Å². The van der Waals surface area contributed by atoms with Gasteiger partial charge in [0.2, 0.25) is 0 Å². The highest BCUT2D eigenvalue weighted by atomic mass is 32.2. The van der Waals surface area contributed by atoms with Crippen LogP contribution in [0.3, 0.4) is 0 Å². The van der Waals surface area contributed by atoms with Crippen molar-refractivity contribution in [1.29, 1.82) is 5.26 Å². The average Bonchev–Trinajstić information content (AvgIpc) is 2.34. The van der Waals surface area contributed by atoms with Crippen molar-refractivity contribution in [2.45, 2.75) is 9.79 Å². The van der Waals surface area contributed by atoms with Crippen molar-refractivity contribution in [1.82, 2.24) is 0 Å². The molecule has 0 aromatic heterocycles. The van der Waals surface area contributed by atoms with Crippen molar-refractivity contribution >= 4 is 17.4 Å². The maximum Gasteiger partial charge on any atom is 0.142 e. The zero-order chi connectivity index (χ0) is 14.0. The molecule has 0 aliphatic rings. The molecule has 6 heteroatoms. The predicted octanol–water partition coefficient (Wildman–Crippen LogP) is 3.71. The maximum atomic E-state index is 13.6. The standard InChI is InChI=1S/C13H7F3N2S/c14-9-2-1-3-12(8(9)6-17)19-13-10(15)4-7(18)5-11(13)16/h1-5H,18H2. The molecule has 19 heavy (non-hydrogen) atoms. The molecule has 0 unspecified atom stereocenters. The van der Waals surface area contributed by atoms with Gasteiger partial charge in [0.05, 0.1) is 4.90 Å². The molecule has 0 atom stereocenters. The van der Waals surface area contributed by atoms with Gasteiger partial charge in [-0.05, 0) is 24.3 Å². The molecule has 2 N–H and O–H groups in total. The summed E-state index contributed by atoms with van der Waals surface area (Å²) >= 11 is 0.647. The molecule has 0 aliphatic heterocycles. The molecule has 0 fully saturated rings. The summed E-state index contributed by atoms with van der Waals surface area (Å²) in [6, 6.07) is 7.50. The van der Waals surface area contributed by atoms with E-state index < -0.39 is 17.5 Å². The summed E-state index contributed by atoms with van der Waals surface area (Å²) in [5, 5.41) is 8.85. The Morgan fingerprint density at radius 2 is 1.68 bits per heavy atom. The van der Waals surface area contributed by atoms with Gasteiger partial charge in [-0.15, -0.1) is 0 Å². The first kappa shape index (κ1) is 13.3. The van der Waals surface area contributed by atoms with E-state index in [0.717, 1.165) is 18.2 Å². The lowest BCUT2D eigenvalue weighted by Gasteiger charge is -2.07. The van der Waals surface area contributed by atoms with Gasteiger partial charge in [-0.2, -0.15) is 5.26 Å². The van der Waals surface area contributed by atoms with E-state index in [2.05, 4.69) is 0 Å². The first-order valence-corrected chi connectivity index (χ1v) is 5.95. The number of halogens is 3. The van der Waals surface area contributed by atoms with Gasteiger partial charge < -0.3 is 5.73 Å². The SMILES string of the molecule is N#Cc1c(F)cccc1Sc1c(F)cc(N)cc1F. The van der Waals surface area contributed by atoms with E-state index in [1.807, 2.05) is 0 Å². The Hall–Kier alpha value is -2.13. The van der Waals surface area contributed by atoms with Gasteiger partial charge in [0, 0.05) is 10.6 Å². The highest BCUT2D eigenvalue weighted by molar-refractivity contribution is 7.99. The minimum atomic E-state index is -0.851. The summed E-state index contributed by atoms with van der Waals surface area (Å²) in [6.45, 7) is 0.